The standard InChI is InChI=1S/C21H28N10O13P2/c1-39-15-13(33)9(43-21(15)31-7-29-11-17(23)25-5-27-19(11)31)3-41-46(37,38)44-45(35,36)40-2-8-12(32)14(34)20(42-8)30-6-28-10-16(22)24-4-26-18(10)30/h4-9,12-15,20-21,32-34H,2-3H2,1H3,(H,35,36)(H,37,38)(H2,22,24,26)(H2,23,25,27)/t8-,9-,12-,13-,14-,15-,20-,21-/m1/s1. The van der Waals surface area contributed by atoms with E-state index in [1.165, 1.54) is 35.2 Å². The third-order valence-corrected chi connectivity index (χ3v) is 9.86. The first-order chi connectivity index (χ1) is 21.8. The van der Waals surface area contributed by atoms with Crippen LogP contribution in [0.15, 0.2) is 25.3 Å². The largest absolute Gasteiger partial charge is 0.481 e. The summed E-state index contributed by atoms with van der Waals surface area (Å²) in [7, 11) is -9.39. The van der Waals surface area contributed by atoms with Gasteiger partial charge in [0.15, 0.2) is 35.4 Å². The van der Waals surface area contributed by atoms with Crippen LogP contribution < -0.4 is 11.5 Å². The summed E-state index contributed by atoms with van der Waals surface area (Å²) in [4.78, 5) is 44.3. The van der Waals surface area contributed by atoms with Crippen molar-refractivity contribution in [1.82, 2.24) is 39.0 Å². The number of methoxy groups -OCH3 is 1. The Morgan fingerprint density at radius 2 is 1.24 bits per heavy atom. The number of fused-ring (bicyclic) bond motifs is 2. The maximum absolute atomic E-state index is 12.6. The number of hydrogen-bond acceptors (Lipinski definition) is 19. The molecule has 0 aromatic carbocycles. The summed E-state index contributed by atoms with van der Waals surface area (Å²) in [5.41, 5.74) is 12.5. The number of phosphoric acid groups is 2. The molecule has 10 atom stereocenters. The van der Waals surface area contributed by atoms with Crippen molar-refractivity contribution in [3.8, 4) is 0 Å². The molecule has 6 rings (SSSR count). The van der Waals surface area contributed by atoms with Crippen molar-refractivity contribution in [3.05, 3.63) is 25.3 Å². The topological polar surface area (TPSA) is 330 Å². The van der Waals surface area contributed by atoms with Gasteiger partial charge in [-0.1, -0.05) is 0 Å². The monoisotopic (exact) mass is 690 g/mol. The zero-order valence-corrected chi connectivity index (χ0v) is 25.3. The minimum atomic E-state index is -5.35. The minimum absolute atomic E-state index is 0.0607. The van der Waals surface area contributed by atoms with Crippen LogP contribution in [0.4, 0.5) is 11.6 Å². The highest BCUT2D eigenvalue weighted by Gasteiger charge is 2.48. The van der Waals surface area contributed by atoms with Crippen molar-refractivity contribution in [2.24, 2.45) is 0 Å². The predicted molar refractivity (Wildman–Crippen MR) is 149 cm³/mol. The third-order valence-electron chi connectivity index (χ3n) is 7.25. The Morgan fingerprint density at radius 3 is 1.76 bits per heavy atom. The SMILES string of the molecule is CO[C@@H]1[C@H](O)[C@@H](COP(=O)(O)OP(=O)(O)OC[C@H]2O[C@@H](n3cnc4c(N)ncnc43)[C@H](O)[C@@H]2O)O[C@H]1n1cnc2c(N)ncnc21. The molecule has 4 aromatic heterocycles. The number of nitrogen functional groups attached to an aromatic ring is 2. The van der Waals surface area contributed by atoms with Crippen LogP contribution >= 0.6 is 15.6 Å². The lowest BCUT2D eigenvalue weighted by Gasteiger charge is -2.20. The van der Waals surface area contributed by atoms with Gasteiger partial charge < -0.3 is 50.8 Å². The number of imidazole rings is 2. The first-order valence-electron chi connectivity index (χ1n) is 13.2. The molecule has 2 fully saturated rings. The van der Waals surface area contributed by atoms with E-state index in [0.29, 0.717) is 0 Å². The Balaban J connectivity index is 1.06. The van der Waals surface area contributed by atoms with Gasteiger partial charge in [-0.15, -0.1) is 0 Å². The minimum Gasteiger partial charge on any atom is -0.387 e. The van der Waals surface area contributed by atoms with Gasteiger partial charge in [-0.3, -0.25) is 18.2 Å². The lowest BCUT2D eigenvalue weighted by atomic mass is 10.1. The van der Waals surface area contributed by atoms with Gasteiger partial charge in [0, 0.05) is 7.11 Å². The molecule has 2 unspecified atom stereocenters. The van der Waals surface area contributed by atoms with Gasteiger partial charge >= 0.3 is 15.6 Å². The van der Waals surface area contributed by atoms with E-state index in [-0.39, 0.29) is 34.0 Å². The van der Waals surface area contributed by atoms with E-state index < -0.39 is 77.9 Å². The summed E-state index contributed by atoms with van der Waals surface area (Å²) < 4.78 is 58.5. The normalized spacial score (nSPS) is 31.0. The van der Waals surface area contributed by atoms with Crippen molar-refractivity contribution >= 4 is 49.6 Å². The Hall–Kier alpha value is -3.28. The number of nitrogens with two attached hydrogens (primary N) is 2. The highest BCUT2D eigenvalue weighted by molar-refractivity contribution is 7.61. The smallest absolute Gasteiger partial charge is 0.387 e. The fourth-order valence-corrected chi connectivity index (χ4v) is 7.15. The second-order valence-electron chi connectivity index (χ2n) is 10.1. The number of anilines is 2. The van der Waals surface area contributed by atoms with Crippen LogP contribution in [0.3, 0.4) is 0 Å². The number of hydrogen-bond donors (Lipinski definition) is 7. The molecule has 2 saturated heterocycles. The predicted octanol–water partition coefficient (Wildman–Crippen LogP) is -2.03. The molecule has 250 valence electrons. The van der Waals surface area contributed by atoms with Crippen LogP contribution in [0, 0.1) is 0 Å². The van der Waals surface area contributed by atoms with Crippen LogP contribution in [-0.2, 0) is 36.7 Å². The van der Waals surface area contributed by atoms with Crippen LogP contribution in [0.1, 0.15) is 12.5 Å². The number of aromatic nitrogens is 8. The van der Waals surface area contributed by atoms with E-state index in [9.17, 15) is 34.2 Å². The highest BCUT2D eigenvalue weighted by atomic mass is 31.3. The average molecular weight is 690 g/mol. The van der Waals surface area contributed by atoms with E-state index in [1.807, 2.05) is 0 Å². The van der Waals surface area contributed by atoms with Gasteiger partial charge in [0.25, 0.3) is 0 Å². The zero-order chi connectivity index (χ0) is 33.0. The zero-order valence-electron chi connectivity index (χ0n) is 23.5. The highest BCUT2D eigenvalue weighted by Crippen LogP contribution is 2.61. The summed E-state index contributed by atoms with van der Waals surface area (Å²) in [5.74, 6) is 0.160. The van der Waals surface area contributed by atoms with Crippen molar-refractivity contribution in [1.29, 1.82) is 0 Å². The van der Waals surface area contributed by atoms with Gasteiger partial charge in [-0.25, -0.2) is 39.0 Å². The summed E-state index contributed by atoms with van der Waals surface area (Å²) in [6.07, 6.45) is -5.75. The van der Waals surface area contributed by atoms with Crippen molar-refractivity contribution in [2.75, 3.05) is 31.8 Å². The second-order valence-corrected chi connectivity index (χ2v) is 13.1. The molecule has 25 heteroatoms. The molecule has 4 aromatic rings. The van der Waals surface area contributed by atoms with Gasteiger partial charge in [-0.2, -0.15) is 4.31 Å². The molecule has 0 bridgehead atoms. The van der Waals surface area contributed by atoms with E-state index in [0.717, 1.165) is 6.33 Å². The second kappa shape index (κ2) is 12.4. The Kier molecular flexibility index (Phi) is 8.80. The molecule has 23 nitrogen and oxygen atoms in total. The molecule has 2 aliphatic heterocycles. The molecule has 2 aliphatic rings. The molecule has 9 N–H and O–H groups in total. The molecular formula is C21H28N10O13P2. The van der Waals surface area contributed by atoms with E-state index in [2.05, 4.69) is 34.2 Å². The van der Waals surface area contributed by atoms with Crippen molar-refractivity contribution in [3.63, 3.8) is 0 Å². The lowest BCUT2D eigenvalue weighted by molar-refractivity contribution is -0.0583. The van der Waals surface area contributed by atoms with Gasteiger partial charge in [0.1, 0.15) is 60.3 Å². The summed E-state index contributed by atoms with van der Waals surface area (Å²) >= 11 is 0. The lowest BCUT2D eigenvalue weighted by Crippen LogP contribution is -2.35. The number of aliphatic hydroxyl groups excluding tert-OH is 3. The number of nitrogens with zero attached hydrogens (tertiary/aromatic N) is 8. The third kappa shape index (κ3) is 6.09. The van der Waals surface area contributed by atoms with Crippen LogP contribution in [0.5, 0.6) is 0 Å². The molecule has 0 saturated carbocycles. The molecule has 0 amide bonds. The number of ether oxygens (including phenoxy) is 3. The molecule has 0 radical (unpaired) electrons. The van der Waals surface area contributed by atoms with Crippen LogP contribution in [-0.4, -0.2) is 121 Å². The Morgan fingerprint density at radius 1 is 0.761 bits per heavy atom. The quantitative estimate of drug-likeness (QED) is 0.0834. The number of rotatable bonds is 11. The number of phosphoric ester groups is 2. The molecule has 0 aliphatic carbocycles. The summed E-state index contributed by atoms with van der Waals surface area (Å²) in [6.45, 7) is -1.68. The maximum Gasteiger partial charge on any atom is 0.481 e. The molecule has 0 spiro atoms. The fraction of sp³-hybridized carbons (Fsp3) is 0.524. The molecule has 46 heavy (non-hydrogen) atoms. The average Bonchev–Trinajstić information content (AvgIpc) is 3.76. The first kappa shape index (κ1) is 32.7. The summed E-state index contributed by atoms with van der Waals surface area (Å²) in [6, 6.07) is 0. The maximum atomic E-state index is 12.6. The summed E-state index contributed by atoms with van der Waals surface area (Å²) in [5, 5.41) is 31.8. The van der Waals surface area contributed by atoms with Gasteiger partial charge in [0.05, 0.1) is 25.9 Å². The fourth-order valence-electron chi connectivity index (χ4n) is 5.06. The van der Waals surface area contributed by atoms with E-state index in [4.69, 9.17) is 34.7 Å². The Labute approximate surface area is 256 Å². The van der Waals surface area contributed by atoms with Gasteiger partial charge in [0.2, 0.25) is 0 Å². The van der Waals surface area contributed by atoms with E-state index in [1.54, 1.807) is 0 Å². The molecular weight excluding hydrogens is 662 g/mol. The van der Waals surface area contributed by atoms with Gasteiger partial charge in [-0.05, 0) is 0 Å². The number of aliphatic hydroxyl groups is 3. The van der Waals surface area contributed by atoms with E-state index >= 15 is 0 Å². The first-order valence-corrected chi connectivity index (χ1v) is 16.2. The van der Waals surface area contributed by atoms with Crippen LogP contribution in [0.2, 0.25) is 0 Å². The van der Waals surface area contributed by atoms with Crippen molar-refractivity contribution < 1.29 is 61.8 Å². The molecule has 6 heterocycles. The van der Waals surface area contributed by atoms with Crippen molar-refractivity contribution in [2.45, 2.75) is 49.1 Å². The van der Waals surface area contributed by atoms with Crippen LogP contribution in [0.25, 0.3) is 22.3 Å². The Bertz CT molecular complexity index is 1830.